The summed E-state index contributed by atoms with van der Waals surface area (Å²) < 4.78 is 13.4. The van der Waals surface area contributed by atoms with E-state index in [4.69, 9.17) is 11.6 Å². The lowest BCUT2D eigenvalue weighted by atomic mass is 10.1. The number of hydrogen-bond donors (Lipinski definition) is 1. The average molecular weight is 278 g/mol. The Morgan fingerprint density at radius 2 is 1.89 bits per heavy atom. The van der Waals surface area contributed by atoms with Crippen LogP contribution in [0.5, 0.6) is 0 Å². The third kappa shape index (κ3) is 3.32. The molecule has 0 radical (unpaired) electrons. The van der Waals surface area contributed by atoms with Crippen molar-refractivity contribution in [2.45, 2.75) is 13.8 Å². The van der Waals surface area contributed by atoms with Gasteiger partial charge in [-0.1, -0.05) is 17.7 Å². The summed E-state index contributed by atoms with van der Waals surface area (Å²) >= 11 is 6.02. The minimum Gasteiger partial charge on any atom is -0.355 e. The minimum absolute atomic E-state index is 0.176. The van der Waals surface area contributed by atoms with Gasteiger partial charge in [0.15, 0.2) is 5.78 Å². The molecule has 1 N–H and O–H groups in total. The van der Waals surface area contributed by atoms with E-state index in [1.807, 2.05) is 19.1 Å². The highest BCUT2D eigenvalue weighted by Crippen LogP contribution is 2.24. The summed E-state index contributed by atoms with van der Waals surface area (Å²) in [6.07, 6.45) is 0. The van der Waals surface area contributed by atoms with Gasteiger partial charge < -0.3 is 5.32 Å². The molecule has 0 saturated carbocycles. The fourth-order valence-electron chi connectivity index (χ4n) is 1.70. The maximum absolute atomic E-state index is 13.4. The summed E-state index contributed by atoms with van der Waals surface area (Å²) in [7, 11) is 0. The predicted octanol–water partition coefficient (Wildman–Crippen LogP) is 4.73. The van der Waals surface area contributed by atoms with Gasteiger partial charge in [0.25, 0.3) is 0 Å². The topological polar surface area (TPSA) is 29.1 Å². The zero-order valence-corrected chi connectivity index (χ0v) is 11.4. The third-order valence-electron chi connectivity index (χ3n) is 2.76. The van der Waals surface area contributed by atoms with Gasteiger partial charge in [0.05, 0.1) is 0 Å². The molecule has 0 spiro atoms. The molecule has 2 aromatic rings. The lowest BCUT2D eigenvalue weighted by Gasteiger charge is -2.09. The Bertz CT molecular complexity index is 640. The van der Waals surface area contributed by atoms with Crippen molar-refractivity contribution < 1.29 is 9.18 Å². The second-order valence-corrected chi connectivity index (χ2v) is 4.78. The molecule has 0 aliphatic heterocycles. The summed E-state index contributed by atoms with van der Waals surface area (Å²) in [6, 6.07) is 9.64. The number of aryl methyl sites for hydroxylation is 1. The lowest BCUT2D eigenvalue weighted by molar-refractivity contribution is 0.101. The van der Waals surface area contributed by atoms with Crippen LogP contribution in [0.1, 0.15) is 22.8 Å². The second-order valence-electron chi connectivity index (χ2n) is 4.37. The summed E-state index contributed by atoms with van der Waals surface area (Å²) in [4.78, 5) is 11.3. The van der Waals surface area contributed by atoms with E-state index < -0.39 is 5.82 Å². The summed E-state index contributed by atoms with van der Waals surface area (Å²) in [6.45, 7) is 3.31. The summed E-state index contributed by atoms with van der Waals surface area (Å²) in [5.41, 5.74) is 2.57. The first kappa shape index (κ1) is 13.6. The normalized spacial score (nSPS) is 10.3. The van der Waals surface area contributed by atoms with Crippen molar-refractivity contribution in [1.82, 2.24) is 0 Å². The van der Waals surface area contributed by atoms with Crippen LogP contribution in [0, 0.1) is 12.7 Å². The first-order valence-electron chi connectivity index (χ1n) is 5.80. The lowest BCUT2D eigenvalue weighted by Crippen LogP contribution is -1.97. The Kier molecular flexibility index (Phi) is 3.86. The van der Waals surface area contributed by atoms with Crippen molar-refractivity contribution >= 4 is 28.8 Å². The molecule has 2 nitrogen and oxygen atoms in total. The molecular weight excluding hydrogens is 265 g/mol. The number of halogens is 2. The summed E-state index contributed by atoms with van der Waals surface area (Å²) in [5, 5.41) is 3.66. The van der Waals surface area contributed by atoms with Gasteiger partial charge >= 0.3 is 0 Å². The highest BCUT2D eigenvalue weighted by atomic mass is 35.5. The van der Waals surface area contributed by atoms with Gasteiger partial charge in [0.1, 0.15) is 5.82 Å². The largest absolute Gasteiger partial charge is 0.355 e. The fourth-order valence-corrected chi connectivity index (χ4v) is 1.88. The molecule has 0 aromatic heterocycles. The van der Waals surface area contributed by atoms with Crippen molar-refractivity contribution in [2.24, 2.45) is 0 Å². The van der Waals surface area contributed by atoms with Crippen molar-refractivity contribution in [2.75, 3.05) is 5.32 Å². The number of nitrogens with one attached hydrogen (secondary N) is 1. The Morgan fingerprint density at radius 3 is 2.53 bits per heavy atom. The third-order valence-corrected chi connectivity index (χ3v) is 3.17. The SMILES string of the molecule is CC(=O)c1cc(F)cc(Nc2ccc(C)c(Cl)c2)c1. The van der Waals surface area contributed by atoms with E-state index in [2.05, 4.69) is 5.32 Å². The van der Waals surface area contributed by atoms with Crippen LogP contribution in [-0.4, -0.2) is 5.78 Å². The highest BCUT2D eigenvalue weighted by Gasteiger charge is 2.05. The molecule has 0 atom stereocenters. The molecule has 0 aliphatic carbocycles. The number of carbonyl (C=O) groups excluding carboxylic acids is 1. The Labute approximate surface area is 116 Å². The van der Waals surface area contributed by atoms with Gasteiger partial charge in [-0.05, 0) is 49.7 Å². The number of ketones is 1. The van der Waals surface area contributed by atoms with Crippen molar-refractivity contribution in [3.05, 3.63) is 58.4 Å². The van der Waals surface area contributed by atoms with Crippen LogP contribution in [0.4, 0.5) is 15.8 Å². The Morgan fingerprint density at radius 1 is 1.16 bits per heavy atom. The van der Waals surface area contributed by atoms with Gasteiger partial charge in [-0.3, -0.25) is 4.79 Å². The average Bonchev–Trinajstić information content (AvgIpc) is 2.33. The van der Waals surface area contributed by atoms with E-state index in [0.29, 0.717) is 16.3 Å². The molecule has 0 amide bonds. The van der Waals surface area contributed by atoms with Crippen LogP contribution in [0.3, 0.4) is 0 Å². The predicted molar refractivity (Wildman–Crippen MR) is 75.9 cm³/mol. The van der Waals surface area contributed by atoms with E-state index >= 15 is 0 Å². The molecule has 0 heterocycles. The molecule has 0 aliphatic rings. The molecule has 98 valence electrons. The second kappa shape index (κ2) is 5.41. The van der Waals surface area contributed by atoms with Gasteiger partial charge in [-0.25, -0.2) is 4.39 Å². The first-order valence-corrected chi connectivity index (χ1v) is 6.18. The minimum atomic E-state index is -0.451. The quantitative estimate of drug-likeness (QED) is 0.822. The van der Waals surface area contributed by atoms with Crippen LogP contribution < -0.4 is 5.32 Å². The zero-order valence-electron chi connectivity index (χ0n) is 10.6. The first-order chi connectivity index (χ1) is 8.95. The number of Topliss-reactive ketones (excluding diaryl/α,β-unsaturated/α-hetero) is 1. The van der Waals surface area contributed by atoms with E-state index in [-0.39, 0.29) is 5.78 Å². The molecule has 0 saturated heterocycles. The van der Waals surface area contributed by atoms with E-state index in [9.17, 15) is 9.18 Å². The van der Waals surface area contributed by atoms with Gasteiger partial charge in [0.2, 0.25) is 0 Å². The zero-order chi connectivity index (χ0) is 14.0. The molecule has 4 heteroatoms. The number of carbonyl (C=O) groups is 1. The van der Waals surface area contributed by atoms with Crippen LogP contribution in [-0.2, 0) is 0 Å². The fraction of sp³-hybridized carbons (Fsp3) is 0.133. The smallest absolute Gasteiger partial charge is 0.159 e. The Balaban J connectivity index is 2.32. The molecule has 0 unspecified atom stereocenters. The van der Waals surface area contributed by atoms with E-state index in [0.717, 1.165) is 11.3 Å². The number of benzene rings is 2. The van der Waals surface area contributed by atoms with Crippen molar-refractivity contribution in [3.8, 4) is 0 Å². The van der Waals surface area contributed by atoms with Crippen LogP contribution in [0.2, 0.25) is 5.02 Å². The molecule has 0 bridgehead atoms. The molecule has 19 heavy (non-hydrogen) atoms. The molecular formula is C15H13ClFNO. The number of rotatable bonds is 3. The van der Waals surface area contributed by atoms with Crippen LogP contribution >= 0.6 is 11.6 Å². The van der Waals surface area contributed by atoms with Gasteiger partial charge in [0, 0.05) is 22.0 Å². The molecule has 2 aromatic carbocycles. The van der Waals surface area contributed by atoms with Gasteiger partial charge in [-0.15, -0.1) is 0 Å². The van der Waals surface area contributed by atoms with E-state index in [1.165, 1.54) is 19.1 Å². The highest BCUT2D eigenvalue weighted by molar-refractivity contribution is 6.31. The standard InChI is InChI=1S/C15H13ClFNO/c1-9-3-4-13(8-15(9)16)18-14-6-11(10(2)19)5-12(17)7-14/h3-8,18H,1-2H3. The molecule has 0 fully saturated rings. The number of hydrogen-bond acceptors (Lipinski definition) is 2. The maximum Gasteiger partial charge on any atom is 0.159 e. The Hall–Kier alpha value is -1.87. The van der Waals surface area contributed by atoms with Crippen molar-refractivity contribution in [3.63, 3.8) is 0 Å². The maximum atomic E-state index is 13.4. The van der Waals surface area contributed by atoms with E-state index in [1.54, 1.807) is 12.1 Å². The monoisotopic (exact) mass is 277 g/mol. The van der Waals surface area contributed by atoms with Crippen LogP contribution in [0.15, 0.2) is 36.4 Å². The van der Waals surface area contributed by atoms with Crippen molar-refractivity contribution in [1.29, 1.82) is 0 Å². The number of anilines is 2. The van der Waals surface area contributed by atoms with Crippen LogP contribution in [0.25, 0.3) is 0 Å². The molecule has 2 rings (SSSR count). The summed E-state index contributed by atoms with van der Waals surface area (Å²) in [5.74, 6) is -0.627. The van der Waals surface area contributed by atoms with Gasteiger partial charge in [-0.2, -0.15) is 0 Å².